The molecular weight excluding hydrogens is 257 g/mol. The van der Waals surface area contributed by atoms with Crippen LogP contribution in [0.3, 0.4) is 0 Å². The van der Waals surface area contributed by atoms with Crippen molar-refractivity contribution < 1.29 is 14.3 Å². The lowest BCUT2D eigenvalue weighted by Gasteiger charge is -2.13. The predicted molar refractivity (Wildman–Crippen MR) is 75.6 cm³/mol. The lowest BCUT2D eigenvalue weighted by Crippen LogP contribution is -2.28. The van der Waals surface area contributed by atoms with Gasteiger partial charge in [0.05, 0.1) is 6.10 Å². The third-order valence-electron chi connectivity index (χ3n) is 4.00. The Morgan fingerprint density at radius 2 is 1.95 bits per heavy atom. The Labute approximate surface area is 119 Å². The molecule has 0 radical (unpaired) electrons. The highest BCUT2D eigenvalue weighted by molar-refractivity contribution is 5.75. The quantitative estimate of drug-likeness (QED) is 0.841. The van der Waals surface area contributed by atoms with E-state index in [0.29, 0.717) is 17.9 Å². The Bertz CT molecular complexity index is 427. The van der Waals surface area contributed by atoms with Crippen molar-refractivity contribution in [3.8, 4) is 0 Å². The van der Waals surface area contributed by atoms with E-state index in [1.807, 2.05) is 0 Å². The SMILES string of the molecule is O=C(CCC1CCCC1)NCC(O)c1ccc(F)cc1. The number of aliphatic hydroxyl groups is 1. The highest BCUT2D eigenvalue weighted by Gasteiger charge is 2.16. The fourth-order valence-electron chi connectivity index (χ4n) is 2.74. The van der Waals surface area contributed by atoms with E-state index in [0.717, 1.165) is 6.42 Å². The third-order valence-corrected chi connectivity index (χ3v) is 4.00. The molecule has 1 aromatic rings. The third kappa shape index (κ3) is 4.60. The maximum absolute atomic E-state index is 12.8. The number of carbonyl (C=O) groups excluding carboxylic acids is 1. The molecule has 0 spiro atoms. The number of hydrogen-bond donors (Lipinski definition) is 2. The summed E-state index contributed by atoms with van der Waals surface area (Å²) >= 11 is 0. The molecule has 2 N–H and O–H groups in total. The van der Waals surface area contributed by atoms with Gasteiger partial charge in [-0.15, -0.1) is 0 Å². The van der Waals surface area contributed by atoms with Crippen molar-refractivity contribution in [3.05, 3.63) is 35.6 Å². The molecule has 1 atom stereocenters. The van der Waals surface area contributed by atoms with E-state index >= 15 is 0 Å². The normalized spacial score (nSPS) is 17.1. The van der Waals surface area contributed by atoms with Crippen molar-refractivity contribution >= 4 is 5.91 Å². The number of hydrogen-bond acceptors (Lipinski definition) is 2. The van der Waals surface area contributed by atoms with E-state index in [1.165, 1.54) is 49.9 Å². The van der Waals surface area contributed by atoms with E-state index in [2.05, 4.69) is 5.32 Å². The van der Waals surface area contributed by atoms with Crippen LogP contribution in [-0.4, -0.2) is 17.6 Å². The average molecular weight is 279 g/mol. The van der Waals surface area contributed by atoms with Crippen LogP contribution in [0.5, 0.6) is 0 Å². The zero-order chi connectivity index (χ0) is 14.4. The lowest BCUT2D eigenvalue weighted by atomic mass is 10.0. The average Bonchev–Trinajstić information content (AvgIpc) is 2.96. The van der Waals surface area contributed by atoms with Crippen LogP contribution in [-0.2, 0) is 4.79 Å². The van der Waals surface area contributed by atoms with Crippen LogP contribution < -0.4 is 5.32 Å². The molecule has 0 aliphatic heterocycles. The molecule has 1 aliphatic carbocycles. The van der Waals surface area contributed by atoms with Gasteiger partial charge in [0, 0.05) is 13.0 Å². The van der Waals surface area contributed by atoms with Crippen LogP contribution >= 0.6 is 0 Å². The molecule has 1 fully saturated rings. The van der Waals surface area contributed by atoms with Crippen molar-refractivity contribution in [2.75, 3.05) is 6.54 Å². The first-order chi connectivity index (χ1) is 9.65. The maximum Gasteiger partial charge on any atom is 0.220 e. The van der Waals surface area contributed by atoms with Crippen molar-refractivity contribution in [2.24, 2.45) is 5.92 Å². The number of benzene rings is 1. The smallest absolute Gasteiger partial charge is 0.220 e. The van der Waals surface area contributed by atoms with Gasteiger partial charge in [-0.1, -0.05) is 37.8 Å². The van der Waals surface area contributed by atoms with Crippen molar-refractivity contribution in [3.63, 3.8) is 0 Å². The molecule has 4 heteroatoms. The Balaban J connectivity index is 1.68. The molecule has 2 rings (SSSR count). The fourth-order valence-corrected chi connectivity index (χ4v) is 2.74. The summed E-state index contributed by atoms with van der Waals surface area (Å²) in [5.41, 5.74) is 0.613. The number of nitrogens with one attached hydrogen (secondary N) is 1. The van der Waals surface area contributed by atoms with E-state index in [4.69, 9.17) is 0 Å². The molecule has 20 heavy (non-hydrogen) atoms. The molecule has 1 aromatic carbocycles. The van der Waals surface area contributed by atoms with Gasteiger partial charge < -0.3 is 10.4 Å². The summed E-state index contributed by atoms with van der Waals surface area (Å²) in [5, 5.41) is 12.6. The standard InChI is InChI=1S/C16H22FNO2/c17-14-8-6-13(7-9-14)15(19)11-18-16(20)10-5-12-3-1-2-4-12/h6-9,12,15,19H,1-5,10-11H2,(H,18,20). The second-order valence-electron chi connectivity index (χ2n) is 5.56. The Kier molecular flexibility index (Phi) is 5.53. The summed E-state index contributed by atoms with van der Waals surface area (Å²) in [4.78, 5) is 11.7. The van der Waals surface area contributed by atoms with E-state index in [-0.39, 0.29) is 18.3 Å². The van der Waals surface area contributed by atoms with Gasteiger partial charge in [-0.25, -0.2) is 4.39 Å². The number of aliphatic hydroxyl groups excluding tert-OH is 1. The van der Waals surface area contributed by atoms with Crippen molar-refractivity contribution in [1.82, 2.24) is 5.32 Å². The van der Waals surface area contributed by atoms with Crippen LogP contribution in [0.1, 0.15) is 50.2 Å². The number of amides is 1. The number of rotatable bonds is 6. The zero-order valence-electron chi connectivity index (χ0n) is 11.6. The van der Waals surface area contributed by atoms with Gasteiger partial charge in [0.2, 0.25) is 5.91 Å². The van der Waals surface area contributed by atoms with Gasteiger partial charge in [0.1, 0.15) is 5.82 Å². The van der Waals surface area contributed by atoms with Gasteiger partial charge in [0.25, 0.3) is 0 Å². The molecule has 0 saturated heterocycles. The minimum atomic E-state index is -0.786. The number of halogens is 1. The van der Waals surface area contributed by atoms with Crippen LogP contribution in [0.4, 0.5) is 4.39 Å². The first-order valence-corrected chi connectivity index (χ1v) is 7.35. The van der Waals surface area contributed by atoms with E-state index in [1.54, 1.807) is 0 Å². The highest BCUT2D eigenvalue weighted by atomic mass is 19.1. The van der Waals surface area contributed by atoms with E-state index < -0.39 is 6.10 Å². The molecule has 0 heterocycles. The first kappa shape index (κ1) is 15.0. The summed E-state index contributed by atoms with van der Waals surface area (Å²) in [5.74, 6) is 0.349. The van der Waals surface area contributed by atoms with Gasteiger partial charge in [-0.3, -0.25) is 4.79 Å². The molecule has 1 saturated carbocycles. The van der Waals surface area contributed by atoms with Crippen LogP contribution in [0.25, 0.3) is 0 Å². The first-order valence-electron chi connectivity index (χ1n) is 7.35. The van der Waals surface area contributed by atoms with Crippen molar-refractivity contribution in [2.45, 2.75) is 44.6 Å². The van der Waals surface area contributed by atoms with Gasteiger partial charge >= 0.3 is 0 Å². The monoisotopic (exact) mass is 279 g/mol. The van der Waals surface area contributed by atoms with Crippen LogP contribution in [0.2, 0.25) is 0 Å². The Morgan fingerprint density at radius 3 is 2.60 bits per heavy atom. The second-order valence-corrected chi connectivity index (χ2v) is 5.56. The van der Waals surface area contributed by atoms with Crippen LogP contribution in [0.15, 0.2) is 24.3 Å². The minimum Gasteiger partial charge on any atom is -0.387 e. The van der Waals surface area contributed by atoms with Gasteiger partial charge in [0.15, 0.2) is 0 Å². The van der Waals surface area contributed by atoms with E-state index in [9.17, 15) is 14.3 Å². The maximum atomic E-state index is 12.8. The summed E-state index contributed by atoms with van der Waals surface area (Å²) in [6.45, 7) is 0.176. The molecule has 0 aromatic heterocycles. The highest BCUT2D eigenvalue weighted by Crippen LogP contribution is 2.28. The van der Waals surface area contributed by atoms with Gasteiger partial charge in [-0.05, 0) is 30.0 Å². The molecule has 1 aliphatic rings. The Morgan fingerprint density at radius 1 is 1.30 bits per heavy atom. The summed E-state index contributed by atoms with van der Waals surface area (Å²) in [7, 11) is 0. The molecule has 110 valence electrons. The van der Waals surface area contributed by atoms with Crippen molar-refractivity contribution in [1.29, 1.82) is 0 Å². The summed E-state index contributed by atoms with van der Waals surface area (Å²) in [6.07, 6.45) is 5.74. The number of carbonyl (C=O) groups is 1. The van der Waals surface area contributed by atoms with Crippen LogP contribution in [0, 0.1) is 11.7 Å². The predicted octanol–water partition coefficient (Wildman–Crippen LogP) is 2.95. The second kappa shape index (κ2) is 7.39. The van der Waals surface area contributed by atoms with Gasteiger partial charge in [-0.2, -0.15) is 0 Å². The topological polar surface area (TPSA) is 49.3 Å². The molecular formula is C16H22FNO2. The molecule has 3 nitrogen and oxygen atoms in total. The summed E-state index contributed by atoms with van der Waals surface area (Å²) < 4.78 is 12.8. The zero-order valence-corrected chi connectivity index (χ0v) is 11.6. The largest absolute Gasteiger partial charge is 0.387 e. The molecule has 1 unspecified atom stereocenters. The lowest BCUT2D eigenvalue weighted by molar-refractivity contribution is -0.121. The molecule has 1 amide bonds. The minimum absolute atomic E-state index is 0.0157. The fraction of sp³-hybridized carbons (Fsp3) is 0.562. The summed E-state index contributed by atoms with van der Waals surface area (Å²) in [6, 6.07) is 5.68. The molecule has 0 bridgehead atoms. The Hall–Kier alpha value is -1.42.